The van der Waals surface area contributed by atoms with Gasteiger partial charge in [-0.05, 0) is 23.3 Å². The molecule has 0 saturated heterocycles. The van der Waals surface area contributed by atoms with Gasteiger partial charge in [0.25, 0.3) is 5.69 Å². The van der Waals surface area contributed by atoms with Crippen molar-refractivity contribution in [1.29, 1.82) is 0 Å². The van der Waals surface area contributed by atoms with Crippen LogP contribution in [0, 0.1) is 10.1 Å². The molecule has 2 rings (SSSR count). The van der Waals surface area contributed by atoms with Crippen LogP contribution < -0.4 is 0 Å². The van der Waals surface area contributed by atoms with E-state index in [2.05, 4.69) is 0 Å². The van der Waals surface area contributed by atoms with Gasteiger partial charge in [-0.1, -0.05) is 29.8 Å². The van der Waals surface area contributed by atoms with Crippen molar-refractivity contribution in [1.82, 2.24) is 0 Å². The molecule has 0 aliphatic rings. The van der Waals surface area contributed by atoms with Crippen LogP contribution >= 0.6 is 11.6 Å². The van der Waals surface area contributed by atoms with E-state index in [4.69, 9.17) is 11.6 Å². The van der Waals surface area contributed by atoms with Gasteiger partial charge < -0.3 is 5.11 Å². The molecule has 1 N–H and O–H groups in total. The highest BCUT2D eigenvalue weighted by Crippen LogP contribution is 2.30. The predicted octanol–water partition coefficient (Wildman–Crippen LogP) is 3.62. The lowest BCUT2D eigenvalue weighted by atomic mass is 10.1. The second kappa shape index (κ2) is 4.43. The Morgan fingerprint density at radius 1 is 1.12 bits per heavy atom. The second-order valence-corrected chi connectivity index (χ2v) is 3.88. The number of nitro groups is 1. The van der Waals surface area contributed by atoms with Gasteiger partial charge >= 0.3 is 0 Å². The van der Waals surface area contributed by atoms with E-state index in [0.29, 0.717) is 11.1 Å². The molecule has 0 saturated carbocycles. The van der Waals surface area contributed by atoms with Crippen LogP contribution in [0.15, 0.2) is 42.5 Å². The van der Waals surface area contributed by atoms with Crippen LogP contribution in [0.5, 0.6) is 5.75 Å². The average Bonchev–Trinajstić information content (AvgIpc) is 2.33. The van der Waals surface area contributed by atoms with Crippen molar-refractivity contribution >= 4 is 17.3 Å². The van der Waals surface area contributed by atoms with Crippen LogP contribution in [-0.4, -0.2) is 10.0 Å². The maximum Gasteiger partial charge on any atom is 0.270 e. The topological polar surface area (TPSA) is 63.4 Å². The summed E-state index contributed by atoms with van der Waals surface area (Å²) >= 11 is 5.69. The maximum absolute atomic E-state index is 10.6. The van der Waals surface area contributed by atoms with Gasteiger partial charge in [-0.25, -0.2) is 0 Å². The summed E-state index contributed by atoms with van der Waals surface area (Å²) < 4.78 is 0. The van der Waals surface area contributed by atoms with Gasteiger partial charge in [0.1, 0.15) is 5.75 Å². The molecular formula is C12H8ClNO3. The first-order valence-corrected chi connectivity index (χ1v) is 5.19. The zero-order valence-corrected chi connectivity index (χ0v) is 9.39. The fraction of sp³-hybridized carbons (Fsp3) is 0. The average molecular weight is 250 g/mol. The summed E-state index contributed by atoms with van der Waals surface area (Å²) in [6.07, 6.45) is 0. The highest BCUT2D eigenvalue weighted by Gasteiger charge is 2.08. The lowest BCUT2D eigenvalue weighted by Gasteiger charge is -2.03. The summed E-state index contributed by atoms with van der Waals surface area (Å²) in [5.74, 6) is -0.0457. The third-order valence-corrected chi connectivity index (χ3v) is 2.66. The van der Waals surface area contributed by atoms with Crippen LogP contribution in [0.2, 0.25) is 5.02 Å². The first-order chi connectivity index (χ1) is 8.08. The van der Waals surface area contributed by atoms with E-state index in [1.807, 2.05) is 0 Å². The molecule has 0 fully saturated rings. The number of phenolic OH excluding ortho intramolecular Hbond substituents is 1. The van der Waals surface area contributed by atoms with Crippen molar-refractivity contribution in [2.45, 2.75) is 0 Å². The van der Waals surface area contributed by atoms with E-state index < -0.39 is 4.92 Å². The molecule has 86 valence electrons. The number of phenols is 1. The lowest BCUT2D eigenvalue weighted by Crippen LogP contribution is -1.88. The van der Waals surface area contributed by atoms with Gasteiger partial charge in [0.05, 0.1) is 9.95 Å². The molecule has 0 heterocycles. The Morgan fingerprint density at radius 3 is 2.47 bits per heavy atom. The number of nitrogens with zero attached hydrogens (tertiary/aromatic N) is 1. The Hall–Kier alpha value is -2.07. The van der Waals surface area contributed by atoms with Crippen LogP contribution in [0.1, 0.15) is 0 Å². The first-order valence-electron chi connectivity index (χ1n) is 4.81. The van der Waals surface area contributed by atoms with Gasteiger partial charge in [0.2, 0.25) is 0 Å². The third-order valence-electron chi connectivity index (χ3n) is 2.34. The minimum Gasteiger partial charge on any atom is -0.506 e. The number of nitro benzene ring substituents is 1. The Kier molecular flexibility index (Phi) is 2.97. The van der Waals surface area contributed by atoms with Crippen LogP contribution in [0.3, 0.4) is 0 Å². The van der Waals surface area contributed by atoms with E-state index in [-0.39, 0.29) is 16.5 Å². The van der Waals surface area contributed by atoms with Crippen molar-refractivity contribution < 1.29 is 10.0 Å². The molecule has 0 aliphatic carbocycles. The molecule has 0 amide bonds. The molecule has 0 unspecified atom stereocenters. The van der Waals surface area contributed by atoms with Crippen molar-refractivity contribution in [2.75, 3.05) is 0 Å². The van der Waals surface area contributed by atoms with Crippen molar-refractivity contribution in [2.24, 2.45) is 0 Å². The zero-order chi connectivity index (χ0) is 12.4. The summed E-state index contributed by atoms with van der Waals surface area (Å²) in [5, 5.41) is 20.4. The summed E-state index contributed by atoms with van der Waals surface area (Å²) in [6.45, 7) is 0. The van der Waals surface area contributed by atoms with Gasteiger partial charge in [-0.15, -0.1) is 0 Å². The smallest absolute Gasteiger partial charge is 0.270 e. The standard InChI is InChI=1S/C12H8ClNO3/c13-11-5-4-9(7-12(11)15)8-2-1-3-10(6-8)14(16)17/h1-7,15H. The summed E-state index contributed by atoms with van der Waals surface area (Å²) in [5.41, 5.74) is 1.35. The number of rotatable bonds is 2. The first kappa shape index (κ1) is 11.4. The number of aromatic hydroxyl groups is 1. The quantitative estimate of drug-likeness (QED) is 0.653. The van der Waals surface area contributed by atoms with Crippen molar-refractivity contribution in [3.63, 3.8) is 0 Å². The van der Waals surface area contributed by atoms with Gasteiger partial charge in [-0.2, -0.15) is 0 Å². The molecule has 0 aliphatic heterocycles. The highest BCUT2D eigenvalue weighted by atomic mass is 35.5. The lowest BCUT2D eigenvalue weighted by molar-refractivity contribution is -0.384. The van der Waals surface area contributed by atoms with E-state index in [9.17, 15) is 15.2 Å². The fourth-order valence-corrected chi connectivity index (χ4v) is 1.61. The Labute approximate surface area is 102 Å². The molecule has 4 nitrogen and oxygen atoms in total. The molecule has 0 atom stereocenters. The number of benzene rings is 2. The molecule has 2 aromatic rings. The Bertz CT molecular complexity index is 584. The SMILES string of the molecule is O=[N+]([O-])c1cccc(-c2ccc(Cl)c(O)c2)c1. The maximum atomic E-state index is 10.6. The summed E-state index contributed by atoms with van der Waals surface area (Å²) in [7, 11) is 0. The van der Waals surface area contributed by atoms with Crippen LogP contribution in [-0.2, 0) is 0 Å². The third kappa shape index (κ3) is 2.37. The van der Waals surface area contributed by atoms with Gasteiger partial charge in [0.15, 0.2) is 0 Å². The molecule has 0 aromatic heterocycles. The monoisotopic (exact) mass is 249 g/mol. The zero-order valence-electron chi connectivity index (χ0n) is 8.63. The molecule has 0 spiro atoms. The van der Waals surface area contributed by atoms with E-state index in [0.717, 1.165) is 0 Å². The van der Waals surface area contributed by atoms with Gasteiger partial charge in [-0.3, -0.25) is 10.1 Å². The number of halogens is 1. The van der Waals surface area contributed by atoms with Crippen molar-refractivity contribution in [3.8, 4) is 16.9 Å². The minimum absolute atomic E-state index is 0.0111. The largest absolute Gasteiger partial charge is 0.506 e. The normalized spacial score (nSPS) is 10.2. The Morgan fingerprint density at radius 2 is 1.82 bits per heavy atom. The number of hydrogen-bond donors (Lipinski definition) is 1. The van der Waals surface area contributed by atoms with Crippen molar-refractivity contribution in [3.05, 3.63) is 57.6 Å². The Balaban J connectivity index is 2.49. The number of hydrogen-bond acceptors (Lipinski definition) is 3. The molecular weight excluding hydrogens is 242 g/mol. The highest BCUT2D eigenvalue weighted by molar-refractivity contribution is 6.32. The van der Waals surface area contributed by atoms with E-state index in [1.54, 1.807) is 24.3 Å². The van der Waals surface area contributed by atoms with Crippen LogP contribution in [0.4, 0.5) is 5.69 Å². The summed E-state index contributed by atoms with van der Waals surface area (Å²) in [6, 6.07) is 10.9. The van der Waals surface area contributed by atoms with E-state index in [1.165, 1.54) is 18.2 Å². The molecule has 5 heteroatoms. The predicted molar refractivity (Wildman–Crippen MR) is 65.2 cm³/mol. The summed E-state index contributed by atoms with van der Waals surface area (Å²) in [4.78, 5) is 10.2. The fourth-order valence-electron chi connectivity index (χ4n) is 1.49. The molecule has 0 bridgehead atoms. The molecule has 0 radical (unpaired) electrons. The van der Waals surface area contributed by atoms with E-state index >= 15 is 0 Å². The second-order valence-electron chi connectivity index (χ2n) is 3.47. The van der Waals surface area contributed by atoms with Gasteiger partial charge in [0, 0.05) is 12.1 Å². The minimum atomic E-state index is -0.459. The number of non-ortho nitro benzene ring substituents is 1. The van der Waals surface area contributed by atoms with Crippen LogP contribution in [0.25, 0.3) is 11.1 Å². The molecule has 2 aromatic carbocycles. The molecule has 17 heavy (non-hydrogen) atoms.